The predicted octanol–water partition coefficient (Wildman–Crippen LogP) is 3.01. The van der Waals surface area contributed by atoms with Gasteiger partial charge in [0.1, 0.15) is 5.76 Å². The summed E-state index contributed by atoms with van der Waals surface area (Å²) in [6.07, 6.45) is 2.47. The number of likely N-dealkylation sites (N-methyl/N-ethyl adjacent to an activating group) is 1. The standard InChI is InChI=1S/C21H25N5O4S/c1-14-12-17(24-30-14)23-18(27)13-25(2)19(28)10-4-3-7-11-26-20(29)15-8-5-6-9-16(15)22-21(26)31/h5-6,8-9,12H,3-4,7,10-11,13H2,1-2H3,(H,22,31)(H,23,24,27). The number of nitrogens with one attached hydrogen (secondary N) is 2. The van der Waals surface area contributed by atoms with Gasteiger partial charge in [-0.3, -0.25) is 19.0 Å². The molecule has 0 aliphatic rings. The van der Waals surface area contributed by atoms with Crippen LogP contribution in [0.25, 0.3) is 10.9 Å². The first kappa shape index (κ1) is 22.4. The van der Waals surface area contributed by atoms with Gasteiger partial charge in [-0.1, -0.05) is 23.7 Å². The Balaban J connectivity index is 1.42. The third kappa shape index (κ3) is 5.88. The zero-order valence-electron chi connectivity index (χ0n) is 17.5. The van der Waals surface area contributed by atoms with Gasteiger partial charge in [0, 0.05) is 26.1 Å². The van der Waals surface area contributed by atoms with E-state index < -0.39 is 0 Å². The number of aromatic amines is 1. The second-order valence-electron chi connectivity index (χ2n) is 7.36. The fourth-order valence-corrected chi connectivity index (χ4v) is 3.51. The van der Waals surface area contributed by atoms with E-state index in [0.29, 0.717) is 41.1 Å². The molecule has 10 heteroatoms. The molecule has 2 heterocycles. The van der Waals surface area contributed by atoms with E-state index in [1.54, 1.807) is 30.7 Å². The number of rotatable bonds is 9. The van der Waals surface area contributed by atoms with E-state index in [2.05, 4.69) is 15.5 Å². The summed E-state index contributed by atoms with van der Waals surface area (Å²) in [6.45, 7) is 2.15. The molecule has 0 aliphatic carbocycles. The summed E-state index contributed by atoms with van der Waals surface area (Å²) in [5, 5.41) is 6.87. The number of fused-ring (bicyclic) bond motifs is 1. The first-order chi connectivity index (χ1) is 14.8. The molecule has 1 aromatic carbocycles. The molecule has 0 unspecified atom stereocenters. The van der Waals surface area contributed by atoms with E-state index >= 15 is 0 Å². The van der Waals surface area contributed by atoms with Gasteiger partial charge in [-0.25, -0.2) is 0 Å². The van der Waals surface area contributed by atoms with Gasteiger partial charge < -0.3 is 19.7 Å². The van der Waals surface area contributed by atoms with Crippen molar-refractivity contribution in [3.05, 3.63) is 51.2 Å². The summed E-state index contributed by atoms with van der Waals surface area (Å²) >= 11 is 5.31. The second-order valence-corrected chi connectivity index (χ2v) is 7.75. The third-order valence-corrected chi connectivity index (χ3v) is 5.19. The smallest absolute Gasteiger partial charge is 0.262 e. The van der Waals surface area contributed by atoms with Crippen LogP contribution < -0.4 is 10.9 Å². The zero-order valence-corrected chi connectivity index (χ0v) is 18.3. The quantitative estimate of drug-likeness (QED) is 0.388. The summed E-state index contributed by atoms with van der Waals surface area (Å²) in [5.74, 6) is 0.457. The van der Waals surface area contributed by atoms with Gasteiger partial charge in [0.05, 0.1) is 17.4 Å². The Kier molecular flexibility index (Phi) is 7.35. The number of unbranched alkanes of at least 4 members (excludes halogenated alkanes) is 2. The number of aromatic nitrogens is 3. The Labute approximate surface area is 184 Å². The molecule has 2 aromatic heterocycles. The van der Waals surface area contributed by atoms with Crippen LogP contribution in [0.1, 0.15) is 31.4 Å². The Hall–Kier alpha value is -3.27. The van der Waals surface area contributed by atoms with Crippen LogP contribution >= 0.6 is 12.2 Å². The Bertz CT molecular complexity index is 1200. The van der Waals surface area contributed by atoms with Gasteiger partial charge in [-0.15, -0.1) is 0 Å². The lowest BCUT2D eigenvalue weighted by atomic mass is 10.1. The van der Waals surface area contributed by atoms with Gasteiger partial charge in [-0.05, 0) is 44.1 Å². The summed E-state index contributed by atoms with van der Waals surface area (Å²) in [5.41, 5.74) is 0.619. The lowest BCUT2D eigenvalue weighted by Gasteiger charge is -2.16. The topological polar surface area (TPSA) is 113 Å². The van der Waals surface area contributed by atoms with Crippen LogP contribution in [0.15, 0.2) is 39.6 Å². The van der Waals surface area contributed by atoms with Crippen LogP contribution in [0.2, 0.25) is 0 Å². The van der Waals surface area contributed by atoms with E-state index in [-0.39, 0.29) is 23.9 Å². The molecule has 0 saturated heterocycles. The Morgan fingerprint density at radius 2 is 2.03 bits per heavy atom. The molecule has 0 spiro atoms. The average molecular weight is 444 g/mol. The minimum atomic E-state index is -0.339. The fraction of sp³-hybridized carbons (Fsp3) is 0.381. The number of benzene rings is 1. The number of carbonyl (C=O) groups excluding carboxylic acids is 2. The van der Waals surface area contributed by atoms with Gasteiger partial charge >= 0.3 is 0 Å². The molecule has 0 radical (unpaired) electrons. The van der Waals surface area contributed by atoms with Crippen molar-refractivity contribution in [2.75, 3.05) is 18.9 Å². The minimum Gasteiger partial charge on any atom is -0.360 e. The number of aryl methyl sites for hydroxylation is 1. The van der Waals surface area contributed by atoms with E-state index in [9.17, 15) is 14.4 Å². The van der Waals surface area contributed by atoms with Gasteiger partial charge in [-0.2, -0.15) is 0 Å². The van der Waals surface area contributed by atoms with Gasteiger partial charge in [0.25, 0.3) is 5.56 Å². The average Bonchev–Trinajstić information content (AvgIpc) is 3.13. The second kappa shape index (κ2) is 10.2. The van der Waals surface area contributed by atoms with Crippen molar-refractivity contribution in [2.24, 2.45) is 0 Å². The van der Waals surface area contributed by atoms with E-state index in [0.717, 1.165) is 18.4 Å². The number of nitrogens with zero attached hydrogens (tertiary/aromatic N) is 3. The molecular weight excluding hydrogens is 418 g/mol. The number of carbonyl (C=O) groups is 2. The van der Waals surface area contributed by atoms with Crippen molar-refractivity contribution in [1.29, 1.82) is 0 Å². The number of anilines is 1. The largest absolute Gasteiger partial charge is 0.360 e. The summed E-state index contributed by atoms with van der Waals surface area (Å²) in [4.78, 5) is 41.3. The van der Waals surface area contributed by atoms with Crippen LogP contribution in [0, 0.1) is 11.7 Å². The highest BCUT2D eigenvalue weighted by atomic mass is 32.1. The molecule has 0 fully saturated rings. The van der Waals surface area contributed by atoms with E-state index in [1.165, 1.54) is 4.90 Å². The fourth-order valence-electron chi connectivity index (χ4n) is 3.23. The normalized spacial score (nSPS) is 10.9. The van der Waals surface area contributed by atoms with Crippen molar-refractivity contribution >= 4 is 40.8 Å². The highest BCUT2D eigenvalue weighted by Crippen LogP contribution is 2.09. The molecule has 3 rings (SSSR count). The van der Waals surface area contributed by atoms with Crippen molar-refractivity contribution in [3.63, 3.8) is 0 Å². The van der Waals surface area contributed by atoms with Crippen LogP contribution in [-0.4, -0.2) is 45.0 Å². The molecule has 0 saturated carbocycles. The summed E-state index contributed by atoms with van der Waals surface area (Å²) in [7, 11) is 1.59. The first-order valence-electron chi connectivity index (χ1n) is 10.0. The van der Waals surface area contributed by atoms with Crippen LogP contribution in [0.3, 0.4) is 0 Å². The number of H-pyrrole nitrogens is 1. The molecule has 2 amide bonds. The van der Waals surface area contributed by atoms with Gasteiger partial charge in [0.2, 0.25) is 11.8 Å². The highest BCUT2D eigenvalue weighted by molar-refractivity contribution is 7.71. The minimum absolute atomic E-state index is 0.0631. The van der Waals surface area contributed by atoms with E-state index in [4.69, 9.17) is 16.7 Å². The van der Waals surface area contributed by atoms with Crippen LogP contribution in [-0.2, 0) is 16.1 Å². The first-order valence-corrected chi connectivity index (χ1v) is 10.4. The molecule has 0 aliphatic heterocycles. The predicted molar refractivity (Wildman–Crippen MR) is 119 cm³/mol. The van der Waals surface area contributed by atoms with E-state index in [1.807, 2.05) is 18.2 Å². The Morgan fingerprint density at radius 3 is 2.77 bits per heavy atom. The molecule has 9 nitrogen and oxygen atoms in total. The van der Waals surface area contributed by atoms with Gasteiger partial charge in [0.15, 0.2) is 10.6 Å². The lowest BCUT2D eigenvalue weighted by molar-refractivity contribution is -0.133. The molecule has 164 valence electrons. The van der Waals surface area contributed by atoms with Crippen molar-refractivity contribution in [2.45, 2.75) is 39.2 Å². The number of para-hydroxylation sites is 1. The molecule has 0 bridgehead atoms. The van der Waals surface area contributed by atoms with Crippen LogP contribution in [0.4, 0.5) is 5.82 Å². The SMILES string of the molecule is Cc1cc(NC(=O)CN(C)C(=O)CCCCCn2c(=S)[nH]c3ccccc3c2=O)no1. The summed E-state index contributed by atoms with van der Waals surface area (Å²) in [6, 6.07) is 8.87. The number of hydrogen-bond donors (Lipinski definition) is 2. The molecule has 3 aromatic rings. The highest BCUT2D eigenvalue weighted by Gasteiger charge is 2.14. The molecule has 2 N–H and O–H groups in total. The lowest BCUT2D eigenvalue weighted by Crippen LogP contribution is -2.34. The number of hydrogen-bond acceptors (Lipinski definition) is 6. The van der Waals surface area contributed by atoms with Crippen molar-refractivity contribution in [1.82, 2.24) is 19.6 Å². The van der Waals surface area contributed by atoms with Crippen LogP contribution in [0.5, 0.6) is 0 Å². The molecular formula is C21H25N5O4S. The molecule has 0 atom stereocenters. The maximum Gasteiger partial charge on any atom is 0.262 e. The maximum atomic E-state index is 12.6. The number of amides is 2. The third-order valence-electron chi connectivity index (χ3n) is 4.86. The van der Waals surface area contributed by atoms with Crippen molar-refractivity contribution < 1.29 is 14.1 Å². The zero-order chi connectivity index (χ0) is 22.4. The monoisotopic (exact) mass is 443 g/mol. The summed E-state index contributed by atoms with van der Waals surface area (Å²) < 4.78 is 6.84. The van der Waals surface area contributed by atoms with Crippen molar-refractivity contribution in [3.8, 4) is 0 Å². The Morgan fingerprint density at radius 1 is 1.26 bits per heavy atom. The molecule has 31 heavy (non-hydrogen) atoms. The maximum absolute atomic E-state index is 12.6.